The van der Waals surface area contributed by atoms with Crippen molar-refractivity contribution >= 4 is 23.4 Å². The van der Waals surface area contributed by atoms with E-state index in [4.69, 9.17) is 16.3 Å². The second kappa shape index (κ2) is 3.89. The predicted molar refractivity (Wildman–Crippen MR) is 53.2 cm³/mol. The molecule has 0 unspecified atom stereocenters. The molecule has 14 heavy (non-hydrogen) atoms. The number of Topliss-reactive ketones (excluding diaryl/α,β-unsaturated/α-hetero) is 1. The molecule has 0 aromatic carbocycles. The molecule has 0 aromatic rings. The fourth-order valence-corrected chi connectivity index (χ4v) is 1.49. The van der Waals surface area contributed by atoms with Crippen LogP contribution in [-0.4, -0.2) is 23.2 Å². The number of ether oxygens (including phenoxy) is 1. The Bertz CT molecular complexity index is 255. The number of alkyl halides is 1. The topological polar surface area (TPSA) is 43.4 Å². The predicted octanol–water partition coefficient (Wildman–Crippen LogP) is 1.77. The zero-order chi connectivity index (χ0) is 10.9. The Morgan fingerprint density at radius 1 is 1.36 bits per heavy atom. The molecule has 4 heteroatoms. The van der Waals surface area contributed by atoms with Gasteiger partial charge in [-0.1, -0.05) is 0 Å². The normalized spacial score (nSPS) is 25.7. The van der Waals surface area contributed by atoms with Crippen molar-refractivity contribution in [3.8, 4) is 0 Å². The van der Waals surface area contributed by atoms with E-state index in [1.807, 2.05) is 20.8 Å². The van der Waals surface area contributed by atoms with Gasteiger partial charge in [-0.05, 0) is 27.2 Å². The van der Waals surface area contributed by atoms with E-state index in [1.165, 1.54) is 0 Å². The van der Waals surface area contributed by atoms with Crippen LogP contribution >= 0.6 is 11.6 Å². The third kappa shape index (κ3) is 2.98. The molecule has 0 bridgehead atoms. The van der Waals surface area contributed by atoms with Gasteiger partial charge in [0.1, 0.15) is 5.60 Å². The maximum Gasteiger partial charge on any atom is 0.310 e. The summed E-state index contributed by atoms with van der Waals surface area (Å²) in [4.78, 5) is 22.5. The third-order valence-electron chi connectivity index (χ3n) is 2.05. The first-order valence-electron chi connectivity index (χ1n) is 4.66. The molecule has 0 N–H and O–H groups in total. The SMILES string of the molecule is CC(C)(C)OC(=O)[C@@H]1C[C@H]1C(=O)CCl. The molecule has 1 saturated carbocycles. The Labute approximate surface area is 88.8 Å². The van der Waals surface area contributed by atoms with Crippen LogP contribution in [0.4, 0.5) is 0 Å². The Hall–Kier alpha value is -0.570. The first-order valence-corrected chi connectivity index (χ1v) is 5.20. The van der Waals surface area contributed by atoms with E-state index in [-0.39, 0.29) is 29.5 Å². The van der Waals surface area contributed by atoms with Crippen LogP contribution in [0, 0.1) is 11.8 Å². The fourth-order valence-electron chi connectivity index (χ4n) is 1.29. The summed E-state index contributed by atoms with van der Waals surface area (Å²) >= 11 is 5.39. The van der Waals surface area contributed by atoms with E-state index >= 15 is 0 Å². The summed E-state index contributed by atoms with van der Waals surface area (Å²) < 4.78 is 5.15. The summed E-state index contributed by atoms with van der Waals surface area (Å²) in [6.07, 6.45) is 0.598. The van der Waals surface area contributed by atoms with Gasteiger partial charge in [0.05, 0.1) is 11.8 Å². The highest BCUT2D eigenvalue weighted by Gasteiger charge is 2.49. The van der Waals surface area contributed by atoms with E-state index in [0.717, 1.165) is 0 Å². The van der Waals surface area contributed by atoms with Gasteiger partial charge in [0.15, 0.2) is 5.78 Å². The average Bonchev–Trinajstić information content (AvgIpc) is 2.78. The molecular formula is C10H15ClO3. The highest BCUT2D eigenvalue weighted by Crippen LogP contribution is 2.41. The van der Waals surface area contributed by atoms with Crippen molar-refractivity contribution in [3.63, 3.8) is 0 Å². The molecule has 0 radical (unpaired) electrons. The highest BCUT2D eigenvalue weighted by atomic mass is 35.5. The third-order valence-corrected chi connectivity index (χ3v) is 2.31. The fraction of sp³-hybridized carbons (Fsp3) is 0.800. The monoisotopic (exact) mass is 218 g/mol. The van der Waals surface area contributed by atoms with Crippen molar-refractivity contribution in [2.75, 3.05) is 5.88 Å². The van der Waals surface area contributed by atoms with E-state index in [1.54, 1.807) is 0 Å². The molecule has 0 saturated heterocycles. The number of rotatable bonds is 3. The van der Waals surface area contributed by atoms with Crippen molar-refractivity contribution in [1.29, 1.82) is 0 Å². The highest BCUT2D eigenvalue weighted by molar-refractivity contribution is 6.28. The first kappa shape index (κ1) is 11.5. The Morgan fingerprint density at radius 3 is 2.36 bits per heavy atom. The number of esters is 1. The van der Waals surface area contributed by atoms with Crippen molar-refractivity contribution < 1.29 is 14.3 Å². The van der Waals surface area contributed by atoms with Gasteiger partial charge in [-0.25, -0.2) is 0 Å². The zero-order valence-corrected chi connectivity index (χ0v) is 9.43. The summed E-state index contributed by atoms with van der Waals surface area (Å²) in [6.45, 7) is 5.43. The lowest BCUT2D eigenvalue weighted by Crippen LogP contribution is -2.25. The molecule has 0 aliphatic heterocycles. The Kier molecular flexibility index (Phi) is 3.20. The zero-order valence-electron chi connectivity index (χ0n) is 8.67. The van der Waals surface area contributed by atoms with Gasteiger partial charge in [-0.3, -0.25) is 9.59 Å². The lowest BCUT2D eigenvalue weighted by atomic mass is 10.2. The largest absolute Gasteiger partial charge is 0.460 e. The summed E-state index contributed by atoms with van der Waals surface area (Å²) in [5.41, 5.74) is -0.478. The van der Waals surface area contributed by atoms with Crippen LogP contribution in [0.25, 0.3) is 0 Å². The molecule has 1 fully saturated rings. The smallest absolute Gasteiger partial charge is 0.310 e. The summed E-state index contributed by atoms with van der Waals surface area (Å²) in [7, 11) is 0. The lowest BCUT2D eigenvalue weighted by molar-refractivity contribution is -0.157. The van der Waals surface area contributed by atoms with Crippen molar-refractivity contribution in [2.24, 2.45) is 11.8 Å². The maximum absolute atomic E-state index is 11.4. The summed E-state index contributed by atoms with van der Waals surface area (Å²) in [6, 6.07) is 0. The first-order chi connectivity index (χ1) is 6.35. The second-order valence-electron chi connectivity index (χ2n) is 4.58. The molecule has 0 amide bonds. The van der Waals surface area contributed by atoms with Crippen LogP contribution in [0.2, 0.25) is 0 Å². The van der Waals surface area contributed by atoms with Crippen molar-refractivity contribution in [2.45, 2.75) is 32.8 Å². The van der Waals surface area contributed by atoms with Crippen LogP contribution in [0.3, 0.4) is 0 Å². The van der Waals surface area contributed by atoms with Crippen LogP contribution in [0.5, 0.6) is 0 Å². The van der Waals surface area contributed by atoms with Crippen LogP contribution in [0.15, 0.2) is 0 Å². The maximum atomic E-state index is 11.4. The number of carbonyl (C=O) groups excluding carboxylic acids is 2. The molecule has 80 valence electrons. The lowest BCUT2D eigenvalue weighted by Gasteiger charge is -2.19. The van der Waals surface area contributed by atoms with E-state index in [0.29, 0.717) is 6.42 Å². The summed E-state index contributed by atoms with van der Waals surface area (Å²) in [5, 5.41) is 0. The van der Waals surface area contributed by atoms with Crippen LogP contribution in [-0.2, 0) is 14.3 Å². The number of halogens is 1. The van der Waals surface area contributed by atoms with Gasteiger partial charge in [0, 0.05) is 5.92 Å². The molecule has 0 aromatic heterocycles. The molecule has 0 spiro atoms. The molecule has 0 heterocycles. The number of hydrogen-bond donors (Lipinski definition) is 0. The van der Waals surface area contributed by atoms with Gasteiger partial charge < -0.3 is 4.74 Å². The minimum atomic E-state index is -0.478. The van der Waals surface area contributed by atoms with Gasteiger partial charge in [-0.15, -0.1) is 11.6 Å². The van der Waals surface area contributed by atoms with E-state index in [2.05, 4.69) is 0 Å². The van der Waals surface area contributed by atoms with Gasteiger partial charge >= 0.3 is 5.97 Å². The van der Waals surface area contributed by atoms with Gasteiger partial charge in [0.25, 0.3) is 0 Å². The molecule has 3 nitrogen and oxygen atoms in total. The van der Waals surface area contributed by atoms with Gasteiger partial charge in [0.2, 0.25) is 0 Å². The van der Waals surface area contributed by atoms with Crippen molar-refractivity contribution in [3.05, 3.63) is 0 Å². The van der Waals surface area contributed by atoms with Crippen molar-refractivity contribution in [1.82, 2.24) is 0 Å². The number of ketones is 1. The minimum Gasteiger partial charge on any atom is -0.460 e. The molecular weight excluding hydrogens is 204 g/mol. The van der Waals surface area contributed by atoms with Crippen LogP contribution in [0.1, 0.15) is 27.2 Å². The average molecular weight is 219 g/mol. The van der Waals surface area contributed by atoms with Crippen LogP contribution < -0.4 is 0 Å². The van der Waals surface area contributed by atoms with E-state index in [9.17, 15) is 9.59 Å². The molecule has 1 aliphatic carbocycles. The quantitative estimate of drug-likeness (QED) is 0.536. The Balaban J connectivity index is 2.40. The molecule has 1 rings (SSSR count). The number of carbonyl (C=O) groups is 2. The summed E-state index contributed by atoms with van der Waals surface area (Å²) in [5.74, 6) is -0.782. The molecule has 1 aliphatic rings. The Morgan fingerprint density at radius 2 is 1.93 bits per heavy atom. The molecule has 2 atom stereocenters. The second-order valence-corrected chi connectivity index (χ2v) is 4.85. The standard InChI is InChI=1S/C10H15ClO3/c1-10(2,3)14-9(13)7-4-6(7)8(12)5-11/h6-7H,4-5H2,1-3H3/t6-,7-/m1/s1. The minimum absolute atomic E-state index is 0.00996. The van der Waals surface area contributed by atoms with Gasteiger partial charge in [-0.2, -0.15) is 0 Å². The number of hydrogen-bond acceptors (Lipinski definition) is 3. The van der Waals surface area contributed by atoms with E-state index < -0.39 is 5.60 Å².